The first-order chi connectivity index (χ1) is 8.37. The molecule has 0 heterocycles. The standard InChI is InChI=1S/C14H17NO3/c1-14(2,3)18-13(17)15-12(16)10-9-11-7-5-4-6-8-11/h4-10H,1-3H3,(H,15,16,17). The van der Waals surface area contributed by atoms with Crippen LogP contribution in [0.1, 0.15) is 26.3 Å². The average Bonchev–Trinajstić information content (AvgIpc) is 2.25. The van der Waals surface area contributed by atoms with Crippen LogP contribution in [0.15, 0.2) is 36.4 Å². The van der Waals surface area contributed by atoms with Gasteiger partial charge in [-0.2, -0.15) is 0 Å². The molecular weight excluding hydrogens is 230 g/mol. The monoisotopic (exact) mass is 247 g/mol. The van der Waals surface area contributed by atoms with Gasteiger partial charge in [-0.15, -0.1) is 0 Å². The van der Waals surface area contributed by atoms with Crippen molar-refractivity contribution in [3.05, 3.63) is 42.0 Å². The van der Waals surface area contributed by atoms with Crippen molar-refractivity contribution in [2.24, 2.45) is 0 Å². The van der Waals surface area contributed by atoms with Crippen LogP contribution in [0.5, 0.6) is 0 Å². The topological polar surface area (TPSA) is 55.4 Å². The first-order valence-electron chi connectivity index (χ1n) is 5.64. The highest BCUT2D eigenvalue weighted by molar-refractivity contribution is 6.00. The van der Waals surface area contributed by atoms with Crippen molar-refractivity contribution in [2.75, 3.05) is 0 Å². The van der Waals surface area contributed by atoms with Crippen LogP contribution in [0.2, 0.25) is 0 Å². The highest BCUT2D eigenvalue weighted by Crippen LogP contribution is 2.06. The molecule has 0 aliphatic carbocycles. The number of alkyl carbamates (subject to hydrolysis) is 1. The lowest BCUT2D eigenvalue weighted by Gasteiger charge is -2.18. The largest absolute Gasteiger partial charge is 0.444 e. The van der Waals surface area contributed by atoms with E-state index < -0.39 is 17.6 Å². The van der Waals surface area contributed by atoms with Crippen molar-refractivity contribution in [1.82, 2.24) is 5.32 Å². The summed E-state index contributed by atoms with van der Waals surface area (Å²) in [7, 11) is 0. The number of ether oxygens (including phenoxy) is 1. The summed E-state index contributed by atoms with van der Waals surface area (Å²) in [5, 5.41) is 2.12. The number of carbonyl (C=O) groups excluding carboxylic acids is 2. The lowest BCUT2D eigenvalue weighted by Crippen LogP contribution is -2.35. The van der Waals surface area contributed by atoms with Gasteiger partial charge in [-0.25, -0.2) is 4.79 Å². The van der Waals surface area contributed by atoms with Crippen LogP contribution in [0.3, 0.4) is 0 Å². The lowest BCUT2D eigenvalue weighted by molar-refractivity contribution is -0.116. The van der Waals surface area contributed by atoms with Crippen LogP contribution < -0.4 is 5.32 Å². The minimum absolute atomic E-state index is 0.506. The van der Waals surface area contributed by atoms with Gasteiger partial charge in [0.15, 0.2) is 0 Å². The number of rotatable bonds is 2. The molecule has 0 aromatic heterocycles. The molecule has 1 rings (SSSR count). The summed E-state index contributed by atoms with van der Waals surface area (Å²) >= 11 is 0. The molecular formula is C14H17NO3. The maximum absolute atomic E-state index is 11.4. The van der Waals surface area contributed by atoms with E-state index >= 15 is 0 Å². The predicted octanol–water partition coefficient (Wildman–Crippen LogP) is 2.75. The Morgan fingerprint density at radius 2 is 1.78 bits per heavy atom. The molecule has 4 nitrogen and oxygen atoms in total. The summed E-state index contributed by atoms with van der Waals surface area (Å²) in [6, 6.07) is 9.34. The number of carbonyl (C=O) groups is 2. The highest BCUT2D eigenvalue weighted by atomic mass is 16.6. The fourth-order valence-corrected chi connectivity index (χ4v) is 1.18. The van der Waals surface area contributed by atoms with Crippen LogP contribution in [0, 0.1) is 0 Å². The summed E-state index contributed by atoms with van der Waals surface area (Å²) in [6.07, 6.45) is 2.17. The molecule has 0 unspecified atom stereocenters. The van der Waals surface area contributed by atoms with Gasteiger partial charge in [0, 0.05) is 6.08 Å². The molecule has 0 spiro atoms. The molecule has 1 aromatic rings. The van der Waals surface area contributed by atoms with E-state index in [2.05, 4.69) is 5.32 Å². The molecule has 4 heteroatoms. The molecule has 2 amide bonds. The van der Waals surface area contributed by atoms with E-state index in [-0.39, 0.29) is 0 Å². The van der Waals surface area contributed by atoms with Gasteiger partial charge in [0.2, 0.25) is 0 Å². The maximum Gasteiger partial charge on any atom is 0.414 e. The fraction of sp³-hybridized carbons (Fsp3) is 0.286. The van der Waals surface area contributed by atoms with Crippen LogP contribution in [-0.4, -0.2) is 17.6 Å². The summed E-state index contributed by atoms with van der Waals surface area (Å²) in [5.41, 5.74) is 0.268. The van der Waals surface area contributed by atoms with E-state index in [1.54, 1.807) is 26.8 Å². The summed E-state index contributed by atoms with van der Waals surface area (Å²) < 4.78 is 4.96. The van der Waals surface area contributed by atoms with Crippen molar-refractivity contribution in [1.29, 1.82) is 0 Å². The van der Waals surface area contributed by atoms with E-state index in [0.717, 1.165) is 5.56 Å². The Labute approximate surface area is 107 Å². The Hall–Kier alpha value is -2.10. The van der Waals surface area contributed by atoms with Gasteiger partial charge in [0.25, 0.3) is 5.91 Å². The molecule has 0 aliphatic heterocycles. The van der Waals surface area contributed by atoms with Crippen LogP contribution in [0.4, 0.5) is 4.79 Å². The zero-order valence-corrected chi connectivity index (χ0v) is 10.8. The van der Waals surface area contributed by atoms with Crippen molar-refractivity contribution >= 4 is 18.1 Å². The Morgan fingerprint density at radius 3 is 2.33 bits per heavy atom. The van der Waals surface area contributed by atoms with Gasteiger partial charge < -0.3 is 4.74 Å². The van der Waals surface area contributed by atoms with Crippen LogP contribution in [-0.2, 0) is 9.53 Å². The number of hydrogen-bond acceptors (Lipinski definition) is 3. The second-order valence-electron chi connectivity index (χ2n) is 4.74. The minimum atomic E-state index is -0.745. The number of amides is 2. The average molecular weight is 247 g/mol. The molecule has 0 saturated carbocycles. The summed E-state index contributed by atoms with van der Waals surface area (Å²) in [4.78, 5) is 22.7. The third kappa shape index (κ3) is 5.84. The van der Waals surface area contributed by atoms with E-state index in [4.69, 9.17) is 4.74 Å². The third-order valence-electron chi connectivity index (χ3n) is 1.85. The molecule has 1 aromatic carbocycles. The van der Waals surface area contributed by atoms with Gasteiger partial charge in [-0.3, -0.25) is 10.1 Å². The quantitative estimate of drug-likeness (QED) is 0.817. The molecule has 1 N–H and O–H groups in total. The van der Waals surface area contributed by atoms with Crippen molar-refractivity contribution in [3.63, 3.8) is 0 Å². The smallest absolute Gasteiger partial charge is 0.414 e. The molecule has 0 bridgehead atoms. The third-order valence-corrected chi connectivity index (χ3v) is 1.85. The van der Waals surface area contributed by atoms with Crippen LogP contribution >= 0.6 is 0 Å². The normalized spacial score (nSPS) is 11.3. The van der Waals surface area contributed by atoms with E-state index in [1.807, 2.05) is 30.3 Å². The molecule has 0 fully saturated rings. The fourth-order valence-electron chi connectivity index (χ4n) is 1.18. The molecule has 0 aliphatic rings. The van der Waals surface area contributed by atoms with Gasteiger partial charge >= 0.3 is 6.09 Å². The first-order valence-corrected chi connectivity index (χ1v) is 5.64. The van der Waals surface area contributed by atoms with Gasteiger partial charge in [-0.05, 0) is 32.4 Å². The molecule has 96 valence electrons. The van der Waals surface area contributed by atoms with Gasteiger partial charge in [0.05, 0.1) is 0 Å². The second-order valence-corrected chi connectivity index (χ2v) is 4.74. The minimum Gasteiger partial charge on any atom is -0.444 e. The predicted molar refractivity (Wildman–Crippen MR) is 69.9 cm³/mol. The number of hydrogen-bond donors (Lipinski definition) is 1. The highest BCUT2D eigenvalue weighted by Gasteiger charge is 2.16. The summed E-state index contributed by atoms with van der Waals surface area (Å²) in [6.45, 7) is 5.20. The SMILES string of the molecule is CC(C)(C)OC(=O)NC(=O)C=Cc1ccccc1. The van der Waals surface area contributed by atoms with E-state index in [1.165, 1.54) is 6.08 Å². The van der Waals surface area contributed by atoms with Crippen molar-refractivity contribution in [2.45, 2.75) is 26.4 Å². The molecule has 0 atom stereocenters. The van der Waals surface area contributed by atoms with E-state index in [9.17, 15) is 9.59 Å². The Morgan fingerprint density at radius 1 is 1.17 bits per heavy atom. The van der Waals surface area contributed by atoms with Crippen molar-refractivity contribution in [3.8, 4) is 0 Å². The first kappa shape index (κ1) is 14.0. The Bertz CT molecular complexity index is 444. The van der Waals surface area contributed by atoms with E-state index in [0.29, 0.717) is 0 Å². The van der Waals surface area contributed by atoms with Gasteiger partial charge in [-0.1, -0.05) is 30.3 Å². The van der Waals surface area contributed by atoms with Gasteiger partial charge in [0.1, 0.15) is 5.60 Å². The summed E-state index contributed by atoms with van der Waals surface area (Å²) in [5.74, 6) is -0.506. The second kappa shape index (κ2) is 6.00. The lowest BCUT2D eigenvalue weighted by atomic mass is 10.2. The number of benzene rings is 1. The Balaban J connectivity index is 2.47. The zero-order chi connectivity index (χ0) is 13.6. The number of imide groups is 1. The molecule has 0 saturated heterocycles. The number of nitrogens with one attached hydrogen (secondary N) is 1. The maximum atomic E-state index is 11.4. The zero-order valence-electron chi connectivity index (χ0n) is 10.8. The molecule has 0 radical (unpaired) electrons. The Kier molecular flexibility index (Phi) is 4.66. The molecule has 18 heavy (non-hydrogen) atoms. The van der Waals surface area contributed by atoms with Crippen LogP contribution in [0.25, 0.3) is 6.08 Å². The van der Waals surface area contributed by atoms with Crippen molar-refractivity contribution < 1.29 is 14.3 Å².